The van der Waals surface area contributed by atoms with Crippen LogP contribution in [0.3, 0.4) is 0 Å². The lowest BCUT2D eigenvalue weighted by Crippen LogP contribution is -2.34. The Morgan fingerprint density at radius 1 is 1.06 bits per heavy atom. The Morgan fingerprint density at radius 2 is 1.74 bits per heavy atom. The molecular weight excluding hydrogens is 424 g/mol. The lowest BCUT2D eigenvalue weighted by molar-refractivity contribution is -0.144. The molecule has 31 heavy (non-hydrogen) atoms. The average Bonchev–Trinajstić information content (AvgIpc) is 3.49. The van der Waals surface area contributed by atoms with Crippen molar-refractivity contribution in [2.24, 2.45) is 17.8 Å². The number of rotatable bonds is 5. The van der Waals surface area contributed by atoms with Crippen molar-refractivity contribution in [2.75, 3.05) is 25.4 Å². The van der Waals surface area contributed by atoms with Crippen LogP contribution in [0.25, 0.3) is 11.3 Å². The number of hydrogen-bond donors (Lipinski definition) is 1. The molecule has 168 valence electrons. The Hall–Kier alpha value is -2.30. The fourth-order valence-electron chi connectivity index (χ4n) is 4.78. The number of imidazole rings is 1. The number of halogens is 6. The van der Waals surface area contributed by atoms with E-state index in [-0.39, 0.29) is 23.4 Å². The first-order valence-electron chi connectivity index (χ1n) is 10.2. The highest BCUT2D eigenvalue weighted by molar-refractivity contribution is 5.62. The molecule has 2 aromatic rings. The molecule has 0 radical (unpaired) electrons. The molecule has 0 aromatic carbocycles. The number of anilines is 1. The summed E-state index contributed by atoms with van der Waals surface area (Å²) in [5, 5.41) is 0. The zero-order valence-electron chi connectivity index (χ0n) is 16.4. The van der Waals surface area contributed by atoms with Gasteiger partial charge in [-0.25, -0.2) is 9.97 Å². The van der Waals surface area contributed by atoms with E-state index in [2.05, 4.69) is 9.97 Å². The first kappa shape index (κ1) is 20.6. The number of piperidine rings is 1. The van der Waals surface area contributed by atoms with E-state index in [1.54, 1.807) is 6.20 Å². The van der Waals surface area contributed by atoms with E-state index in [4.69, 9.17) is 5.73 Å². The van der Waals surface area contributed by atoms with Gasteiger partial charge < -0.3 is 10.3 Å². The van der Waals surface area contributed by atoms with E-state index in [0.717, 1.165) is 31.2 Å². The standard InChI is InChI=1S/C20H21F6N5/c21-19(22,23)9-30-6-12-13(7-30)17(12)31-8-15(29-16(31)3-10-1-2-10)11-4-14(20(24,25)26)18(27)28-5-11/h4-5,8,10,12-13,17H,1-3,6-7,9H2,(H2,27,28)/t12-,13+,17-. The zero-order valence-corrected chi connectivity index (χ0v) is 16.4. The minimum absolute atomic E-state index is 0.0447. The van der Waals surface area contributed by atoms with Crippen molar-refractivity contribution in [3.8, 4) is 11.3 Å². The van der Waals surface area contributed by atoms with Gasteiger partial charge in [0, 0.05) is 43.5 Å². The fraction of sp³-hybridized carbons (Fsp3) is 0.600. The Kier molecular flexibility index (Phi) is 4.55. The number of nitrogen functional groups attached to an aromatic ring is 1. The molecular formula is C20H21F6N5. The van der Waals surface area contributed by atoms with Crippen molar-refractivity contribution < 1.29 is 26.3 Å². The van der Waals surface area contributed by atoms with Crippen molar-refractivity contribution in [1.29, 1.82) is 0 Å². The van der Waals surface area contributed by atoms with E-state index >= 15 is 0 Å². The molecule has 5 nitrogen and oxygen atoms in total. The zero-order chi connectivity index (χ0) is 22.1. The quantitative estimate of drug-likeness (QED) is 0.703. The van der Waals surface area contributed by atoms with Gasteiger partial charge in [0.05, 0.1) is 17.8 Å². The van der Waals surface area contributed by atoms with Crippen LogP contribution in [0.2, 0.25) is 0 Å². The lowest BCUT2D eigenvalue weighted by Gasteiger charge is -2.21. The summed E-state index contributed by atoms with van der Waals surface area (Å²) in [6.45, 7) is -0.173. The molecule has 0 amide bonds. The van der Waals surface area contributed by atoms with Crippen LogP contribution in [-0.4, -0.2) is 45.2 Å². The summed E-state index contributed by atoms with van der Waals surface area (Å²) in [6, 6.07) is 0.998. The number of likely N-dealkylation sites (tertiary alicyclic amines) is 1. The summed E-state index contributed by atoms with van der Waals surface area (Å²) in [6.07, 6.45) is -2.96. The van der Waals surface area contributed by atoms with Crippen molar-refractivity contribution in [1.82, 2.24) is 19.4 Å². The molecule has 3 atom stereocenters. The van der Waals surface area contributed by atoms with Crippen LogP contribution in [0.15, 0.2) is 18.5 Å². The van der Waals surface area contributed by atoms with Gasteiger partial charge in [-0.3, -0.25) is 4.90 Å². The second-order valence-electron chi connectivity index (χ2n) is 8.88. The number of fused-ring (bicyclic) bond motifs is 1. The summed E-state index contributed by atoms with van der Waals surface area (Å²) in [5.74, 6) is 0.917. The van der Waals surface area contributed by atoms with Crippen LogP contribution in [0, 0.1) is 17.8 Å². The minimum atomic E-state index is -4.62. The highest BCUT2D eigenvalue weighted by atomic mass is 19.4. The van der Waals surface area contributed by atoms with Gasteiger partial charge in [0.2, 0.25) is 0 Å². The summed E-state index contributed by atoms with van der Waals surface area (Å²) in [5.41, 5.74) is 5.00. The molecule has 0 spiro atoms. The van der Waals surface area contributed by atoms with Crippen LogP contribution >= 0.6 is 0 Å². The van der Waals surface area contributed by atoms with E-state index in [0.29, 0.717) is 24.7 Å². The van der Waals surface area contributed by atoms with Gasteiger partial charge in [0.15, 0.2) is 0 Å². The maximum Gasteiger partial charge on any atom is 0.419 e. The predicted molar refractivity (Wildman–Crippen MR) is 99.8 cm³/mol. The van der Waals surface area contributed by atoms with Crippen LogP contribution in [-0.2, 0) is 12.6 Å². The van der Waals surface area contributed by atoms with Crippen molar-refractivity contribution in [3.05, 3.63) is 29.8 Å². The van der Waals surface area contributed by atoms with E-state index < -0.39 is 30.3 Å². The van der Waals surface area contributed by atoms with E-state index in [1.807, 2.05) is 4.57 Å². The molecule has 2 N–H and O–H groups in total. The van der Waals surface area contributed by atoms with Crippen molar-refractivity contribution >= 4 is 5.82 Å². The van der Waals surface area contributed by atoms with Gasteiger partial charge in [-0.2, -0.15) is 26.3 Å². The van der Waals surface area contributed by atoms with Crippen molar-refractivity contribution in [2.45, 2.75) is 37.7 Å². The highest BCUT2D eigenvalue weighted by Crippen LogP contribution is 2.56. The molecule has 2 aromatic heterocycles. The molecule has 0 unspecified atom stereocenters. The van der Waals surface area contributed by atoms with Crippen molar-refractivity contribution in [3.63, 3.8) is 0 Å². The first-order chi connectivity index (χ1) is 14.5. The topological polar surface area (TPSA) is 60.0 Å². The number of aromatic nitrogens is 3. The minimum Gasteiger partial charge on any atom is -0.383 e. The summed E-state index contributed by atoms with van der Waals surface area (Å²) in [7, 11) is 0. The number of nitrogens with two attached hydrogens (primary N) is 1. The Labute approximate surface area is 174 Å². The normalized spacial score (nSPS) is 26.3. The molecule has 11 heteroatoms. The third-order valence-electron chi connectivity index (χ3n) is 6.45. The van der Waals surface area contributed by atoms with Gasteiger partial charge >= 0.3 is 12.4 Å². The van der Waals surface area contributed by atoms with E-state index in [1.165, 1.54) is 11.1 Å². The Balaban J connectivity index is 1.40. The molecule has 1 aliphatic heterocycles. The average molecular weight is 445 g/mol. The smallest absolute Gasteiger partial charge is 0.383 e. The van der Waals surface area contributed by atoms with Gasteiger partial charge in [-0.15, -0.1) is 0 Å². The maximum atomic E-state index is 13.2. The molecule has 1 saturated heterocycles. The number of nitrogens with zero attached hydrogens (tertiary/aromatic N) is 4. The summed E-state index contributed by atoms with van der Waals surface area (Å²) >= 11 is 0. The Bertz CT molecular complexity index is 981. The molecule has 3 aliphatic rings. The number of pyridine rings is 1. The van der Waals surface area contributed by atoms with Crippen LogP contribution < -0.4 is 5.73 Å². The molecule has 3 fully saturated rings. The fourth-order valence-corrected chi connectivity index (χ4v) is 4.78. The molecule has 2 saturated carbocycles. The first-order valence-corrected chi connectivity index (χ1v) is 10.2. The summed E-state index contributed by atoms with van der Waals surface area (Å²) in [4.78, 5) is 9.71. The van der Waals surface area contributed by atoms with Gasteiger partial charge in [-0.1, -0.05) is 0 Å². The largest absolute Gasteiger partial charge is 0.419 e. The molecule has 2 aliphatic carbocycles. The summed E-state index contributed by atoms with van der Waals surface area (Å²) < 4.78 is 79.7. The highest BCUT2D eigenvalue weighted by Gasteiger charge is 2.58. The van der Waals surface area contributed by atoms with Crippen LogP contribution in [0.1, 0.15) is 30.3 Å². The predicted octanol–water partition coefficient (Wildman–Crippen LogP) is 4.16. The van der Waals surface area contributed by atoms with Gasteiger partial charge in [0.25, 0.3) is 0 Å². The number of alkyl halides is 6. The van der Waals surface area contributed by atoms with Crippen LogP contribution in [0.5, 0.6) is 0 Å². The lowest BCUT2D eigenvalue weighted by atomic mass is 10.1. The molecule has 5 rings (SSSR count). The second kappa shape index (κ2) is 6.85. The SMILES string of the molecule is Nc1ncc(-c2cn([C@@H]3[C@@H]4CN(CC(F)(F)F)C[C@@H]43)c(CC3CC3)n2)cc1C(F)(F)F. The van der Waals surface area contributed by atoms with Crippen LogP contribution in [0.4, 0.5) is 32.2 Å². The monoisotopic (exact) mass is 445 g/mol. The third-order valence-corrected chi connectivity index (χ3v) is 6.45. The third kappa shape index (κ3) is 4.11. The second-order valence-corrected chi connectivity index (χ2v) is 8.88. The Morgan fingerprint density at radius 3 is 2.32 bits per heavy atom. The van der Waals surface area contributed by atoms with Gasteiger partial charge in [0.1, 0.15) is 11.6 Å². The van der Waals surface area contributed by atoms with E-state index in [9.17, 15) is 26.3 Å². The van der Waals surface area contributed by atoms with Gasteiger partial charge in [-0.05, 0) is 36.7 Å². The molecule has 3 heterocycles. The maximum absolute atomic E-state index is 13.2. The molecule has 0 bridgehead atoms. The number of hydrogen-bond acceptors (Lipinski definition) is 4.